The largest absolute Gasteiger partial charge is 0.383 e. The molecular formula is C14H18ClFN4O2. The van der Waals surface area contributed by atoms with Gasteiger partial charge in [0.2, 0.25) is 5.89 Å². The fourth-order valence-corrected chi connectivity index (χ4v) is 2.19. The van der Waals surface area contributed by atoms with Gasteiger partial charge in [-0.1, -0.05) is 22.8 Å². The number of hydrogen-bond donors (Lipinski definition) is 1. The molecule has 8 heteroatoms. The van der Waals surface area contributed by atoms with E-state index >= 15 is 0 Å². The average Bonchev–Trinajstić information content (AvgIpc) is 2.95. The van der Waals surface area contributed by atoms with Crippen LogP contribution in [0.2, 0.25) is 5.02 Å². The lowest BCUT2D eigenvalue weighted by molar-refractivity contribution is 0.137. The second-order valence-corrected chi connectivity index (χ2v) is 5.15. The first-order valence-corrected chi connectivity index (χ1v) is 7.17. The maximum absolute atomic E-state index is 13.1. The Labute approximate surface area is 133 Å². The van der Waals surface area contributed by atoms with Crippen LogP contribution in [0, 0.1) is 5.82 Å². The summed E-state index contributed by atoms with van der Waals surface area (Å²) < 4.78 is 23.2. The highest BCUT2D eigenvalue weighted by atomic mass is 35.5. The smallest absolute Gasteiger partial charge is 0.240 e. The van der Waals surface area contributed by atoms with Gasteiger partial charge < -0.3 is 15.0 Å². The molecular weight excluding hydrogens is 311 g/mol. The molecule has 0 unspecified atom stereocenters. The van der Waals surface area contributed by atoms with Crippen LogP contribution in [-0.2, 0) is 24.4 Å². The standard InChI is InChI=1S/C14H18ClFN4O2/c1-21-5-4-20(9-13-18-14(7-17)22-19-13)8-10-2-3-11(16)6-12(10)15/h2-3,6H,4-5,7-9,17H2,1H3. The Balaban J connectivity index is 2.07. The van der Waals surface area contributed by atoms with Crippen molar-refractivity contribution in [2.75, 3.05) is 20.3 Å². The summed E-state index contributed by atoms with van der Waals surface area (Å²) >= 11 is 6.07. The molecule has 1 aromatic carbocycles. The number of hydrogen-bond acceptors (Lipinski definition) is 6. The first kappa shape index (κ1) is 16.8. The van der Waals surface area contributed by atoms with E-state index < -0.39 is 0 Å². The molecule has 0 aliphatic carbocycles. The predicted octanol–water partition coefficient (Wildman–Crippen LogP) is 1.97. The zero-order valence-corrected chi connectivity index (χ0v) is 13.0. The van der Waals surface area contributed by atoms with Crippen LogP contribution in [0.4, 0.5) is 4.39 Å². The molecule has 0 aliphatic heterocycles. The Bertz CT molecular complexity index is 608. The molecule has 0 aliphatic rings. The number of benzene rings is 1. The lowest BCUT2D eigenvalue weighted by Crippen LogP contribution is -2.27. The highest BCUT2D eigenvalue weighted by Gasteiger charge is 2.13. The second kappa shape index (κ2) is 8.19. The molecule has 1 heterocycles. The van der Waals surface area contributed by atoms with Crippen LogP contribution in [0.5, 0.6) is 0 Å². The van der Waals surface area contributed by atoms with Gasteiger partial charge in [-0.3, -0.25) is 4.90 Å². The van der Waals surface area contributed by atoms with Crippen molar-refractivity contribution in [3.05, 3.63) is 46.3 Å². The fourth-order valence-electron chi connectivity index (χ4n) is 1.96. The molecule has 0 fully saturated rings. The van der Waals surface area contributed by atoms with Gasteiger partial charge in [-0.15, -0.1) is 0 Å². The summed E-state index contributed by atoms with van der Waals surface area (Å²) in [5.74, 6) is 0.569. The van der Waals surface area contributed by atoms with E-state index in [0.717, 1.165) is 5.56 Å². The van der Waals surface area contributed by atoms with Crippen molar-refractivity contribution in [1.29, 1.82) is 0 Å². The molecule has 0 saturated carbocycles. The Kier molecular flexibility index (Phi) is 6.26. The van der Waals surface area contributed by atoms with Crippen LogP contribution >= 0.6 is 11.6 Å². The molecule has 2 aromatic rings. The second-order valence-electron chi connectivity index (χ2n) is 4.75. The van der Waals surface area contributed by atoms with Gasteiger partial charge in [0.15, 0.2) is 5.82 Å². The zero-order valence-electron chi connectivity index (χ0n) is 12.3. The molecule has 0 radical (unpaired) electrons. The topological polar surface area (TPSA) is 77.4 Å². The molecule has 22 heavy (non-hydrogen) atoms. The Morgan fingerprint density at radius 3 is 2.86 bits per heavy atom. The van der Waals surface area contributed by atoms with E-state index in [1.165, 1.54) is 12.1 Å². The molecule has 0 amide bonds. The van der Waals surface area contributed by atoms with Gasteiger partial charge in [-0.2, -0.15) is 4.98 Å². The highest BCUT2D eigenvalue weighted by Crippen LogP contribution is 2.19. The minimum atomic E-state index is -0.358. The van der Waals surface area contributed by atoms with Crippen LogP contribution in [-0.4, -0.2) is 35.3 Å². The van der Waals surface area contributed by atoms with E-state index in [9.17, 15) is 4.39 Å². The lowest BCUT2D eigenvalue weighted by atomic mass is 10.2. The van der Waals surface area contributed by atoms with Crippen molar-refractivity contribution < 1.29 is 13.7 Å². The third-order valence-corrected chi connectivity index (χ3v) is 3.42. The average molecular weight is 329 g/mol. The molecule has 0 bridgehead atoms. The van der Waals surface area contributed by atoms with Gasteiger partial charge in [-0.05, 0) is 17.7 Å². The van der Waals surface area contributed by atoms with Crippen LogP contribution < -0.4 is 5.73 Å². The highest BCUT2D eigenvalue weighted by molar-refractivity contribution is 6.31. The van der Waals surface area contributed by atoms with Gasteiger partial charge >= 0.3 is 0 Å². The number of rotatable bonds is 8. The number of aromatic nitrogens is 2. The van der Waals surface area contributed by atoms with E-state index in [2.05, 4.69) is 10.1 Å². The Morgan fingerprint density at radius 1 is 1.41 bits per heavy atom. The molecule has 120 valence electrons. The Hall–Kier alpha value is -1.54. The number of nitrogens with two attached hydrogens (primary N) is 1. The van der Waals surface area contributed by atoms with Crippen LogP contribution in [0.25, 0.3) is 0 Å². The third kappa shape index (κ3) is 4.74. The zero-order chi connectivity index (χ0) is 15.9. The third-order valence-electron chi connectivity index (χ3n) is 3.07. The first-order chi connectivity index (χ1) is 10.6. The summed E-state index contributed by atoms with van der Waals surface area (Å²) in [6.45, 7) is 2.38. The van der Waals surface area contributed by atoms with Crippen LogP contribution in [0.3, 0.4) is 0 Å². The van der Waals surface area contributed by atoms with Gasteiger partial charge in [0, 0.05) is 25.2 Å². The summed E-state index contributed by atoms with van der Waals surface area (Å²) in [5, 5.41) is 4.26. The van der Waals surface area contributed by atoms with Gasteiger partial charge in [-0.25, -0.2) is 4.39 Å². The molecule has 2 N–H and O–H groups in total. The molecule has 0 atom stereocenters. The predicted molar refractivity (Wildman–Crippen MR) is 79.6 cm³/mol. The molecule has 6 nitrogen and oxygen atoms in total. The van der Waals surface area contributed by atoms with E-state index in [1.54, 1.807) is 13.2 Å². The quantitative estimate of drug-likeness (QED) is 0.798. The monoisotopic (exact) mass is 328 g/mol. The summed E-state index contributed by atoms with van der Waals surface area (Å²) in [4.78, 5) is 6.21. The van der Waals surface area contributed by atoms with Crippen molar-refractivity contribution >= 4 is 11.6 Å². The summed E-state index contributed by atoms with van der Waals surface area (Å²) in [6, 6.07) is 4.35. The fraction of sp³-hybridized carbons (Fsp3) is 0.429. The minimum Gasteiger partial charge on any atom is -0.383 e. The van der Waals surface area contributed by atoms with Gasteiger partial charge in [0.1, 0.15) is 5.82 Å². The van der Waals surface area contributed by atoms with Gasteiger partial charge in [0.25, 0.3) is 0 Å². The first-order valence-electron chi connectivity index (χ1n) is 6.79. The van der Waals surface area contributed by atoms with Crippen molar-refractivity contribution in [3.63, 3.8) is 0 Å². The molecule has 0 saturated heterocycles. The summed E-state index contributed by atoms with van der Waals surface area (Å²) in [7, 11) is 1.63. The van der Waals surface area contributed by atoms with Gasteiger partial charge in [0.05, 0.1) is 19.7 Å². The van der Waals surface area contributed by atoms with E-state index in [1.807, 2.05) is 4.90 Å². The number of methoxy groups -OCH3 is 1. The molecule has 2 rings (SSSR count). The van der Waals surface area contributed by atoms with E-state index in [-0.39, 0.29) is 12.4 Å². The van der Waals surface area contributed by atoms with Crippen molar-refractivity contribution in [2.24, 2.45) is 5.73 Å². The normalized spacial score (nSPS) is 11.3. The number of nitrogens with zero attached hydrogens (tertiary/aromatic N) is 3. The maximum atomic E-state index is 13.1. The van der Waals surface area contributed by atoms with Crippen LogP contribution in [0.1, 0.15) is 17.3 Å². The van der Waals surface area contributed by atoms with E-state index in [4.69, 9.17) is 26.6 Å². The summed E-state index contributed by atoms with van der Waals surface area (Å²) in [5.41, 5.74) is 6.27. The van der Waals surface area contributed by atoms with E-state index in [0.29, 0.717) is 43.0 Å². The SMILES string of the molecule is COCCN(Cc1noc(CN)n1)Cc1ccc(F)cc1Cl. The van der Waals surface area contributed by atoms with Crippen molar-refractivity contribution in [3.8, 4) is 0 Å². The summed E-state index contributed by atoms with van der Waals surface area (Å²) in [6.07, 6.45) is 0. The minimum absolute atomic E-state index is 0.203. The molecule has 1 aromatic heterocycles. The molecule has 0 spiro atoms. The number of ether oxygens (including phenoxy) is 1. The van der Waals surface area contributed by atoms with Crippen molar-refractivity contribution in [1.82, 2.24) is 15.0 Å². The van der Waals surface area contributed by atoms with Crippen molar-refractivity contribution in [2.45, 2.75) is 19.6 Å². The maximum Gasteiger partial charge on any atom is 0.240 e. The van der Waals surface area contributed by atoms with Crippen LogP contribution in [0.15, 0.2) is 22.7 Å². The Morgan fingerprint density at radius 2 is 2.23 bits per heavy atom. The number of halogens is 2. The lowest BCUT2D eigenvalue weighted by Gasteiger charge is -2.21.